The third kappa shape index (κ3) is 5.26. The fourth-order valence-corrected chi connectivity index (χ4v) is 2.96. The predicted molar refractivity (Wildman–Crippen MR) is 94.3 cm³/mol. The third-order valence-corrected chi connectivity index (χ3v) is 4.30. The normalized spacial score (nSPS) is 11.9. The quantitative estimate of drug-likeness (QED) is 0.747. The SMILES string of the molecule is CS(=O)(=O)Nc1ccc(C(=O)Nc2cc(C(F)(F)F)ccc2Cl)cc1Cl. The first-order valence-corrected chi connectivity index (χ1v) is 9.47. The Bertz CT molecular complexity index is 963. The van der Waals surface area contributed by atoms with Gasteiger partial charge < -0.3 is 5.32 Å². The van der Waals surface area contributed by atoms with Gasteiger partial charge in [-0.15, -0.1) is 0 Å². The molecule has 140 valence electrons. The van der Waals surface area contributed by atoms with Crippen molar-refractivity contribution >= 4 is 50.5 Å². The molecule has 0 spiro atoms. The van der Waals surface area contributed by atoms with E-state index >= 15 is 0 Å². The highest BCUT2D eigenvalue weighted by atomic mass is 35.5. The second-order valence-corrected chi connectivity index (χ2v) is 7.78. The minimum Gasteiger partial charge on any atom is -0.321 e. The van der Waals surface area contributed by atoms with Crippen LogP contribution in [0, 0.1) is 0 Å². The van der Waals surface area contributed by atoms with E-state index in [-0.39, 0.29) is 27.0 Å². The van der Waals surface area contributed by atoms with Crippen LogP contribution in [0.5, 0.6) is 0 Å². The highest BCUT2D eigenvalue weighted by Gasteiger charge is 2.31. The van der Waals surface area contributed by atoms with Crippen molar-refractivity contribution in [2.75, 3.05) is 16.3 Å². The summed E-state index contributed by atoms with van der Waals surface area (Å²) in [5.74, 6) is -0.765. The van der Waals surface area contributed by atoms with Crippen LogP contribution in [0.3, 0.4) is 0 Å². The molecule has 26 heavy (non-hydrogen) atoms. The lowest BCUT2D eigenvalue weighted by atomic mass is 10.1. The van der Waals surface area contributed by atoms with E-state index in [4.69, 9.17) is 23.2 Å². The Balaban J connectivity index is 2.27. The minimum atomic E-state index is -4.59. The van der Waals surface area contributed by atoms with E-state index in [0.717, 1.165) is 18.4 Å². The van der Waals surface area contributed by atoms with Gasteiger partial charge in [-0.25, -0.2) is 8.42 Å². The number of carbonyl (C=O) groups is 1. The zero-order chi connectivity index (χ0) is 19.7. The number of sulfonamides is 1. The van der Waals surface area contributed by atoms with Crippen molar-refractivity contribution in [1.82, 2.24) is 0 Å². The Hall–Kier alpha value is -1.97. The van der Waals surface area contributed by atoms with Crippen molar-refractivity contribution in [3.8, 4) is 0 Å². The van der Waals surface area contributed by atoms with Crippen LogP contribution in [0.4, 0.5) is 24.5 Å². The van der Waals surface area contributed by atoms with Gasteiger partial charge in [0.25, 0.3) is 5.91 Å². The molecule has 0 radical (unpaired) electrons. The summed E-state index contributed by atoms with van der Waals surface area (Å²) in [7, 11) is -3.56. The Morgan fingerprint density at radius 3 is 2.19 bits per heavy atom. The lowest BCUT2D eigenvalue weighted by molar-refractivity contribution is -0.137. The molecule has 0 atom stereocenters. The van der Waals surface area contributed by atoms with E-state index in [1.54, 1.807) is 0 Å². The first-order valence-electron chi connectivity index (χ1n) is 6.82. The fraction of sp³-hybridized carbons (Fsp3) is 0.133. The molecule has 0 aliphatic heterocycles. The molecular formula is C15H11Cl2F3N2O3S. The maximum atomic E-state index is 12.8. The molecule has 1 amide bonds. The number of halogens is 5. The van der Waals surface area contributed by atoms with Crippen LogP contribution in [0.15, 0.2) is 36.4 Å². The number of anilines is 2. The maximum Gasteiger partial charge on any atom is 0.416 e. The van der Waals surface area contributed by atoms with Crippen molar-refractivity contribution in [3.63, 3.8) is 0 Å². The molecule has 0 aromatic heterocycles. The molecule has 0 aliphatic rings. The Labute approximate surface area is 157 Å². The Morgan fingerprint density at radius 2 is 1.65 bits per heavy atom. The smallest absolute Gasteiger partial charge is 0.321 e. The van der Waals surface area contributed by atoms with Crippen molar-refractivity contribution < 1.29 is 26.4 Å². The zero-order valence-electron chi connectivity index (χ0n) is 13.0. The number of alkyl halides is 3. The number of hydrogen-bond acceptors (Lipinski definition) is 3. The van der Waals surface area contributed by atoms with E-state index in [1.165, 1.54) is 18.2 Å². The minimum absolute atomic E-state index is 0.00234. The number of nitrogens with one attached hydrogen (secondary N) is 2. The molecule has 2 rings (SSSR count). The topological polar surface area (TPSA) is 75.3 Å². The predicted octanol–water partition coefficient (Wildman–Crippen LogP) is 4.64. The zero-order valence-corrected chi connectivity index (χ0v) is 15.3. The van der Waals surface area contributed by atoms with Gasteiger partial charge in [-0.2, -0.15) is 13.2 Å². The number of hydrogen-bond donors (Lipinski definition) is 2. The van der Waals surface area contributed by atoms with Crippen molar-refractivity contribution in [2.45, 2.75) is 6.18 Å². The maximum absolute atomic E-state index is 12.8. The van der Waals surface area contributed by atoms with Crippen molar-refractivity contribution in [3.05, 3.63) is 57.6 Å². The lowest BCUT2D eigenvalue weighted by Gasteiger charge is -2.12. The summed E-state index contributed by atoms with van der Waals surface area (Å²) < 4.78 is 62.9. The summed E-state index contributed by atoms with van der Waals surface area (Å²) >= 11 is 11.7. The first-order chi connectivity index (χ1) is 11.9. The van der Waals surface area contributed by atoms with Gasteiger partial charge in [0, 0.05) is 5.56 Å². The van der Waals surface area contributed by atoms with Crippen LogP contribution in [0.2, 0.25) is 10.0 Å². The highest BCUT2D eigenvalue weighted by Crippen LogP contribution is 2.34. The molecule has 0 saturated carbocycles. The summed E-state index contributed by atoms with van der Waals surface area (Å²) in [5.41, 5.74) is -1.13. The van der Waals surface area contributed by atoms with Gasteiger partial charge in [-0.05, 0) is 36.4 Å². The van der Waals surface area contributed by atoms with E-state index < -0.39 is 27.7 Å². The summed E-state index contributed by atoms with van der Waals surface area (Å²) in [6, 6.07) is 6.21. The molecule has 2 aromatic rings. The number of benzene rings is 2. The molecule has 0 fully saturated rings. The van der Waals surface area contributed by atoms with Crippen molar-refractivity contribution in [1.29, 1.82) is 0 Å². The molecule has 0 heterocycles. The molecule has 0 unspecified atom stereocenters. The fourth-order valence-electron chi connectivity index (χ4n) is 1.93. The van der Waals surface area contributed by atoms with Gasteiger partial charge in [0.1, 0.15) is 0 Å². The Morgan fingerprint density at radius 1 is 1.00 bits per heavy atom. The average Bonchev–Trinajstić information content (AvgIpc) is 2.49. The van der Waals surface area contributed by atoms with Crippen LogP contribution in [-0.2, 0) is 16.2 Å². The lowest BCUT2D eigenvalue weighted by Crippen LogP contribution is -2.14. The van der Waals surface area contributed by atoms with Crippen LogP contribution < -0.4 is 10.0 Å². The molecular weight excluding hydrogens is 416 g/mol. The van der Waals surface area contributed by atoms with Gasteiger partial charge in [0.05, 0.1) is 33.2 Å². The van der Waals surface area contributed by atoms with Crippen molar-refractivity contribution in [2.24, 2.45) is 0 Å². The second kappa shape index (κ2) is 7.34. The first kappa shape index (κ1) is 20.3. The van der Waals surface area contributed by atoms with Crippen LogP contribution in [0.1, 0.15) is 15.9 Å². The van der Waals surface area contributed by atoms with Gasteiger partial charge in [-0.1, -0.05) is 23.2 Å². The number of amides is 1. The molecule has 2 N–H and O–H groups in total. The second-order valence-electron chi connectivity index (χ2n) is 5.22. The third-order valence-electron chi connectivity index (χ3n) is 3.07. The molecule has 0 bridgehead atoms. The molecule has 5 nitrogen and oxygen atoms in total. The number of rotatable bonds is 4. The molecule has 0 saturated heterocycles. The van der Waals surface area contributed by atoms with Gasteiger partial charge in [0.2, 0.25) is 10.0 Å². The van der Waals surface area contributed by atoms with Gasteiger partial charge >= 0.3 is 6.18 Å². The summed E-state index contributed by atoms with van der Waals surface area (Å²) in [5, 5.41) is 2.13. The van der Waals surface area contributed by atoms with Crippen LogP contribution in [-0.4, -0.2) is 20.6 Å². The van der Waals surface area contributed by atoms with Crippen LogP contribution >= 0.6 is 23.2 Å². The summed E-state index contributed by atoms with van der Waals surface area (Å²) in [6.07, 6.45) is -3.66. The van der Waals surface area contributed by atoms with Crippen LogP contribution in [0.25, 0.3) is 0 Å². The summed E-state index contributed by atoms with van der Waals surface area (Å²) in [4.78, 5) is 12.2. The molecule has 0 aliphatic carbocycles. The monoisotopic (exact) mass is 426 g/mol. The largest absolute Gasteiger partial charge is 0.416 e. The number of carbonyl (C=O) groups excluding carboxylic acids is 1. The van der Waals surface area contributed by atoms with E-state index in [2.05, 4.69) is 10.0 Å². The molecule has 2 aromatic carbocycles. The van der Waals surface area contributed by atoms with Gasteiger partial charge in [-0.3, -0.25) is 9.52 Å². The summed E-state index contributed by atoms with van der Waals surface area (Å²) in [6.45, 7) is 0. The molecule has 11 heteroatoms. The van der Waals surface area contributed by atoms with E-state index in [0.29, 0.717) is 6.07 Å². The average molecular weight is 427 g/mol. The Kier molecular flexibility index (Phi) is 5.74. The van der Waals surface area contributed by atoms with E-state index in [9.17, 15) is 26.4 Å². The van der Waals surface area contributed by atoms with Gasteiger partial charge in [0.15, 0.2) is 0 Å². The highest BCUT2D eigenvalue weighted by molar-refractivity contribution is 7.92. The standard InChI is InChI=1S/C15H11Cl2F3N2O3S/c1-26(24,25)22-12-5-2-8(6-11(12)17)14(23)21-13-7-9(15(18,19)20)3-4-10(13)16/h2-7,22H,1H3,(H,21,23). The van der Waals surface area contributed by atoms with E-state index in [1.807, 2.05) is 0 Å².